The van der Waals surface area contributed by atoms with Crippen LogP contribution in [-0.2, 0) is 0 Å². The molecule has 0 bridgehead atoms. The van der Waals surface area contributed by atoms with Crippen LogP contribution in [0.2, 0.25) is 0 Å². The first-order valence-corrected chi connectivity index (χ1v) is 6.38. The standard InChI is InChI=1S/C13H16F2N2O2/c1-8-3-2-4-9(7-8)16-13-11(17(18)19)6-5-10(14)12(13)15/h5-6,8-9,16H,2-4,7H2,1H3. The fraction of sp³-hybridized carbons (Fsp3) is 0.538. The molecule has 0 aliphatic heterocycles. The number of nitro groups is 1. The van der Waals surface area contributed by atoms with Crippen LogP contribution in [0.3, 0.4) is 0 Å². The Balaban J connectivity index is 2.27. The number of nitrogens with zero attached hydrogens (tertiary/aromatic N) is 1. The molecule has 1 aromatic carbocycles. The largest absolute Gasteiger partial charge is 0.374 e. The smallest absolute Gasteiger partial charge is 0.295 e. The molecule has 6 heteroatoms. The third-order valence-electron chi connectivity index (χ3n) is 3.55. The van der Waals surface area contributed by atoms with Gasteiger partial charge < -0.3 is 5.32 Å². The number of nitrogens with one attached hydrogen (secondary N) is 1. The van der Waals surface area contributed by atoms with E-state index >= 15 is 0 Å². The summed E-state index contributed by atoms with van der Waals surface area (Å²) in [6.07, 6.45) is 3.72. The van der Waals surface area contributed by atoms with Crippen LogP contribution < -0.4 is 5.32 Å². The van der Waals surface area contributed by atoms with E-state index in [0.717, 1.165) is 37.8 Å². The summed E-state index contributed by atoms with van der Waals surface area (Å²) in [6.45, 7) is 2.09. The number of hydrogen-bond donors (Lipinski definition) is 1. The van der Waals surface area contributed by atoms with Crippen molar-refractivity contribution in [3.63, 3.8) is 0 Å². The van der Waals surface area contributed by atoms with Crippen molar-refractivity contribution in [2.24, 2.45) is 5.92 Å². The zero-order valence-electron chi connectivity index (χ0n) is 10.7. The average Bonchev–Trinajstić information content (AvgIpc) is 2.35. The Labute approximate surface area is 110 Å². The highest BCUT2D eigenvalue weighted by Crippen LogP contribution is 2.33. The average molecular weight is 270 g/mol. The monoisotopic (exact) mass is 270 g/mol. The Hall–Kier alpha value is -1.72. The normalized spacial score (nSPS) is 23.1. The van der Waals surface area contributed by atoms with Crippen LogP contribution in [-0.4, -0.2) is 11.0 Å². The number of anilines is 1. The number of benzene rings is 1. The molecule has 1 N–H and O–H groups in total. The van der Waals surface area contributed by atoms with Crippen LogP contribution in [0.4, 0.5) is 20.2 Å². The number of nitro benzene ring substituents is 1. The number of rotatable bonds is 3. The van der Waals surface area contributed by atoms with E-state index in [2.05, 4.69) is 12.2 Å². The van der Waals surface area contributed by atoms with Crippen LogP contribution in [0.25, 0.3) is 0 Å². The highest BCUT2D eigenvalue weighted by atomic mass is 19.2. The molecule has 1 aliphatic rings. The van der Waals surface area contributed by atoms with Gasteiger partial charge in [-0.05, 0) is 24.8 Å². The van der Waals surface area contributed by atoms with Crippen molar-refractivity contribution < 1.29 is 13.7 Å². The maximum atomic E-state index is 13.7. The van der Waals surface area contributed by atoms with Gasteiger partial charge in [-0.2, -0.15) is 0 Å². The molecule has 0 aromatic heterocycles. The van der Waals surface area contributed by atoms with Gasteiger partial charge in [0, 0.05) is 12.1 Å². The van der Waals surface area contributed by atoms with Crippen LogP contribution >= 0.6 is 0 Å². The molecule has 1 aliphatic carbocycles. The SMILES string of the molecule is CC1CCCC(Nc2c([N+](=O)[O-])ccc(F)c2F)C1. The molecule has 0 spiro atoms. The minimum absolute atomic E-state index is 0.0428. The van der Waals surface area contributed by atoms with Crippen LogP contribution in [0.5, 0.6) is 0 Å². The van der Waals surface area contributed by atoms with E-state index in [4.69, 9.17) is 0 Å². The van der Waals surface area contributed by atoms with Crippen LogP contribution in [0, 0.1) is 27.7 Å². The lowest BCUT2D eigenvalue weighted by Gasteiger charge is -2.28. The van der Waals surface area contributed by atoms with Crippen molar-refractivity contribution in [3.8, 4) is 0 Å². The third-order valence-corrected chi connectivity index (χ3v) is 3.55. The van der Waals surface area contributed by atoms with Gasteiger partial charge >= 0.3 is 0 Å². The summed E-state index contributed by atoms with van der Waals surface area (Å²) >= 11 is 0. The van der Waals surface area contributed by atoms with Crippen molar-refractivity contribution in [1.82, 2.24) is 0 Å². The molecule has 104 valence electrons. The zero-order chi connectivity index (χ0) is 14.0. The number of halogens is 2. The fourth-order valence-electron chi connectivity index (χ4n) is 2.60. The molecule has 0 heterocycles. The highest BCUT2D eigenvalue weighted by Gasteiger charge is 2.26. The summed E-state index contributed by atoms with van der Waals surface area (Å²) in [5.41, 5.74) is -0.749. The van der Waals surface area contributed by atoms with Crippen LogP contribution in [0.15, 0.2) is 12.1 Å². The molecule has 2 atom stereocenters. The van der Waals surface area contributed by atoms with E-state index in [0.29, 0.717) is 5.92 Å². The van der Waals surface area contributed by atoms with E-state index in [1.165, 1.54) is 0 Å². The molecule has 2 rings (SSSR count). The quantitative estimate of drug-likeness (QED) is 0.670. The second kappa shape index (κ2) is 5.50. The molecule has 1 saturated carbocycles. The molecule has 2 unspecified atom stereocenters. The van der Waals surface area contributed by atoms with Gasteiger partial charge in [0.1, 0.15) is 0 Å². The third kappa shape index (κ3) is 3.00. The first kappa shape index (κ1) is 13.7. The van der Waals surface area contributed by atoms with Gasteiger partial charge in [-0.25, -0.2) is 8.78 Å². The van der Waals surface area contributed by atoms with E-state index < -0.39 is 22.2 Å². The Morgan fingerprint density at radius 1 is 1.37 bits per heavy atom. The second-order valence-electron chi connectivity index (χ2n) is 5.13. The summed E-state index contributed by atoms with van der Waals surface area (Å²) in [5, 5.41) is 13.7. The predicted molar refractivity (Wildman–Crippen MR) is 68.1 cm³/mol. The lowest BCUT2D eigenvalue weighted by molar-refractivity contribution is -0.384. The van der Waals surface area contributed by atoms with Gasteiger partial charge in [0.2, 0.25) is 0 Å². The van der Waals surface area contributed by atoms with Crippen molar-refractivity contribution in [1.29, 1.82) is 0 Å². The van der Waals surface area contributed by atoms with E-state index in [1.54, 1.807) is 0 Å². The predicted octanol–water partition coefficient (Wildman–Crippen LogP) is 3.86. The van der Waals surface area contributed by atoms with Gasteiger partial charge in [-0.1, -0.05) is 19.8 Å². The summed E-state index contributed by atoms with van der Waals surface area (Å²) in [6, 6.07) is 1.73. The lowest BCUT2D eigenvalue weighted by Crippen LogP contribution is -2.27. The van der Waals surface area contributed by atoms with E-state index in [-0.39, 0.29) is 11.7 Å². The van der Waals surface area contributed by atoms with Crippen molar-refractivity contribution in [2.45, 2.75) is 38.6 Å². The molecule has 0 amide bonds. The Morgan fingerprint density at radius 2 is 2.11 bits per heavy atom. The Kier molecular flexibility index (Phi) is 3.97. The maximum absolute atomic E-state index is 13.7. The Bertz CT molecular complexity index is 494. The zero-order valence-corrected chi connectivity index (χ0v) is 10.7. The van der Waals surface area contributed by atoms with E-state index in [9.17, 15) is 18.9 Å². The fourth-order valence-corrected chi connectivity index (χ4v) is 2.60. The van der Waals surface area contributed by atoms with Crippen LogP contribution in [0.1, 0.15) is 32.6 Å². The lowest BCUT2D eigenvalue weighted by atomic mass is 9.87. The topological polar surface area (TPSA) is 55.2 Å². The summed E-state index contributed by atoms with van der Waals surface area (Å²) in [4.78, 5) is 10.2. The summed E-state index contributed by atoms with van der Waals surface area (Å²) in [5.74, 6) is -1.76. The maximum Gasteiger partial charge on any atom is 0.295 e. The molecule has 4 nitrogen and oxygen atoms in total. The molecule has 0 radical (unpaired) electrons. The first-order valence-electron chi connectivity index (χ1n) is 6.38. The molecule has 1 fully saturated rings. The highest BCUT2D eigenvalue weighted by molar-refractivity contribution is 5.63. The van der Waals surface area contributed by atoms with Crippen molar-refractivity contribution in [3.05, 3.63) is 33.9 Å². The molecule has 19 heavy (non-hydrogen) atoms. The molecular formula is C13H16F2N2O2. The Morgan fingerprint density at radius 3 is 2.74 bits per heavy atom. The van der Waals surface area contributed by atoms with Gasteiger partial charge in [0.05, 0.1) is 4.92 Å². The molecular weight excluding hydrogens is 254 g/mol. The second-order valence-corrected chi connectivity index (χ2v) is 5.13. The van der Waals surface area contributed by atoms with Gasteiger partial charge in [0.15, 0.2) is 17.3 Å². The molecule has 1 aromatic rings. The van der Waals surface area contributed by atoms with Gasteiger partial charge in [0.25, 0.3) is 5.69 Å². The van der Waals surface area contributed by atoms with Crippen molar-refractivity contribution >= 4 is 11.4 Å². The molecule has 0 saturated heterocycles. The van der Waals surface area contributed by atoms with Gasteiger partial charge in [-0.3, -0.25) is 10.1 Å². The van der Waals surface area contributed by atoms with E-state index in [1.807, 2.05) is 0 Å². The summed E-state index contributed by atoms with van der Waals surface area (Å²) in [7, 11) is 0. The summed E-state index contributed by atoms with van der Waals surface area (Å²) < 4.78 is 26.9. The first-order chi connectivity index (χ1) is 8.99. The van der Waals surface area contributed by atoms with Gasteiger partial charge in [-0.15, -0.1) is 0 Å². The van der Waals surface area contributed by atoms with Crippen molar-refractivity contribution in [2.75, 3.05) is 5.32 Å². The minimum atomic E-state index is -1.17. The minimum Gasteiger partial charge on any atom is -0.374 e. The number of hydrogen-bond acceptors (Lipinski definition) is 3.